The van der Waals surface area contributed by atoms with E-state index in [1.54, 1.807) is 24.9 Å². The van der Waals surface area contributed by atoms with E-state index in [1.807, 2.05) is 36.2 Å². The van der Waals surface area contributed by atoms with Crippen LogP contribution < -0.4 is 9.47 Å². The van der Waals surface area contributed by atoms with Crippen LogP contribution in [-0.2, 0) is 14.4 Å². The molecule has 0 radical (unpaired) electrons. The summed E-state index contributed by atoms with van der Waals surface area (Å²) in [4.78, 5) is 22.8. The number of amides is 1. The summed E-state index contributed by atoms with van der Waals surface area (Å²) in [5, 5.41) is 24.4. The van der Waals surface area contributed by atoms with Gasteiger partial charge in [0.05, 0.1) is 18.2 Å². The standard InChI is InChI=1S/C48H70N2O7S/c1-6-8-9-10-11-12-13-14-15-22-45(53)50(3)44-34-42(49-54-4)40-32-35(20-16-18-29-51)39(21-17-19-30-52)46-41-33-37(56-36-23-26-38(58-5)27-24-36)25-28-43(41)57-48(44,47(40)46)55-31-7-2/h7,23-28,32-33,35,39,44,46-47,51-52H,2,6,8-22,29-31,34H2,1,3-5H3/t35-,39+,44-,46+,47+,48+/m0/s1. The van der Waals surface area contributed by atoms with Crippen molar-refractivity contribution in [3.8, 4) is 17.2 Å². The number of thioether (sulfide) groups is 1. The Morgan fingerprint density at radius 2 is 1.62 bits per heavy atom. The van der Waals surface area contributed by atoms with Crippen LogP contribution in [0.15, 0.2) is 76.8 Å². The monoisotopic (exact) mass is 818 g/mol. The molecule has 9 nitrogen and oxygen atoms in total. The van der Waals surface area contributed by atoms with Gasteiger partial charge in [0.25, 0.3) is 0 Å². The Balaban J connectivity index is 1.56. The molecular weight excluding hydrogens is 749 g/mol. The van der Waals surface area contributed by atoms with Gasteiger partial charge in [-0.05, 0) is 98.2 Å². The molecule has 0 unspecified atom stereocenters. The Labute approximate surface area is 352 Å². The average molecular weight is 819 g/mol. The average Bonchev–Trinajstić information content (AvgIpc) is 3.24. The van der Waals surface area contributed by atoms with Gasteiger partial charge in [0.1, 0.15) is 30.4 Å². The largest absolute Gasteiger partial charge is 0.459 e. The molecule has 320 valence electrons. The number of oxime groups is 1. The Hall–Kier alpha value is -3.31. The summed E-state index contributed by atoms with van der Waals surface area (Å²) in [7, 11) is 3.47. The molecule has 10 heteroatoms. The number of unbranched alkanes of at least 4 members (excludes halogenated alkanes) is 10. The van der Waals surface area contributed by atoms with Crippen molar-refractivity contribution in [1.29, 1.82) is 0 Å². The molecule has 3 aliphatic rings. The van der Waals surface area contributed by atoms with Crippen LogP contribution in [0.5, 0.6) is 17.2 Å². The van der Waals surface area contributed by atoms with Gasteiger partial charge >= 0.3 is 0 Å². The number of hydrogen-bond acceptors (Lipinski definition) is 9. The predicted octanol–water partition coefficient (Wildman–Crippen LogP) is 10.8. The molecule has 1 saturated carbocycles. The van der Waals surface area contributed by atoms with Crippen molar-refractivity contribution in [1.82, 2.24) is 4.90 Å². The highest BCUT2D eigenvalue weighted by Gasteiger charge is 2.65. The smallest absolute Gasteiger partial charge is 0.239 e. The SMILES string of the molecule is C=CCO[C@@]12Oc3ccc(Oc4ccc(SC)cc4)cc3[C@H]3[C@H](CCCCO)[C@@H](CCCCO)C=C(C(=NOC)C[C@@H]1N(C)C(=O)CCCCCCCCCCC)[C@H]32. The number of benzene rings is 2. The molecule has 2 N–H and O–H groups in total. The maximum absolute atomic E-state index is 14.2. The van der Waals surface area contributed by atoms with E-state index in [2.05, 4.69) is 49.2 Å². The van der Waals surface area contributed by atoms with Crippen LogP contribution >= 0.6 is 11.8 Å². The van der Waals surface area contributed by atoms with Crippen LogP contribution in [0, 0.1) is 17.8 Å². The number of aliphatic hydroxyl groups is 2. The maximum Gasteiger partial charge on any atom is 0.239 e. The van der Waals surface area contributed by atoms with Gasteiger partial charge in [0.15, 0.2) is 0 Å². The highest BCUT2D eigenvalue weighted by molar-refractivity contribution is 7.98. The number of aliphatic hydroxyl groups excluding tert-OH is 2. The molecule has 0 saturated heterocycles. The Morgan fingerprint density at radius 1 is 0.948 bits per heavy atom. The zero-order valence-corrected chi connectivity index (χ0v) is 36.5. The molecule has 2 aromatic rings. The molecule has 6 atom stereocenters. The first-order chi connectivity index (χ1) is 28.3. The van der Waals surface area contributed by atoms with Crippen molar-refractivity contribution in [2.75, 3.05) is 40.2 Å². The lowest BCUT2D eigenvalue weighted by Crippen LogP contribution is -2.69. The fraction of sp³-hybridized carbons (Fsp3) is 0.625. The van der Waals surface area contributed by atoms with Gasteiger partial charge in [-0.15, -0.1) is 18.3 Å². The van der Waals surface area contributed by atoms with Gasteiger partial charge in [0, 0.05) is 49.5 Å². The van der Waals surface area contributed by atoms with Crippen molar-refractivity contribution < 1.29 is 34.1 Å². The molecule has 1 fully saturated rings. The van der Waals surface area contributed by atoms with Gasteiger partial charge < -0.3 is 34.2 Å². The fourth-order valence-corrected chi connectivity index (χ4v) is 10.0. The summed E-state index contributed by atoms with van der Waals surface area (Å²) in [6.07, 6.45) is 22.7. The molecule has 0 bridgehead atoms. The normalized spacial score (nSPS) is 24.0. The third kappa shape index (κ3) is 11.3. The van der Waals surface area contributed by atoms with E-state index in [0.717, 1.165) is 79.7 Å². The summed E-state index contributed by atoms with van der Waals surface area (Å²) >= 11 is 1.69. The fourth-order valence-electron chi connectivity index (χ4n) is 9.62. The lowest BCUT2D eigenvalue weighted by molar-refractivity contribution is -0.255. The van der Waals surface area contributed by atoms with Gasteiger partial charge in [-0.2, -0.15) is 0 Å². The molecule has 1 aliphatic heterocycles. The Bertz CT molecular complexity index is 1650. The summed E-state index contributed by atoms with van der Waals surface area (Å²) in [5.41, 5.74) is 2.87. The van der Waals surface area contributed by atoms with E-state index in [0.29, 0.717) is 25.0 Å². The van der Waals surface area contributed by atoms with Crippen LogP contribution in [0.25, 0.3) is 0 Å². The number of rotatable bonds is 26. The van der Waals surface area contributed by atoms with Crippen LogP contribution in [-0.4, -0.2) is 78.8 Å². The second kappa shape index (κ2) is 23.5. The highest BCUT2D eigenvalue weighted by atomic mass is 32.2. The lowest BCUT2D eigenvalue weighted by atomic mass is 9.55. The Morgan fingerprint density at radius 3 is 2.28 bits per heavy atom. The summed E-state index contributed by atoms with van der Waals surface area (Å²) < 4.78 is 20.8. The number of ether oxygens (including phenoxy) is 3. The lowest BCUT2D eigenvalue weighted by Gasteiger charge is -2.59. The third-order valence-corrected chi connectivity index (χ3v) is 13.2. The molecule has 2 aromatic carbocycles. The topological polar surface area (TPSA) is 110 Å². The number of hydrogen-bond donors (Lipinski definition) is 2. The Kier molecular flexibility index (Phi) is 18.5. The van der Waals surface area contributed by atoms with E-state index in [-0.39, 0.29) is 49.4 Å². The number of carbonyl (C=O) groups is 1. The molecule has 0 aromatic heterocycles. The van der Waals surface area contributed by atoms with Crippen LogP contribution in [0.4, 0.5) is 0 Å². The van der Waals surface area contributed by atoms with E-state index in [1.165, 1.54) is 43.4 Å². The van der Waals surface area contributed by atoms with E-state index < -0.39 is 11.8 Å². The van der Waals surface area contributed by atoms with Gasteiger partial charge in [-0.25, -0.2) is 0 Å². The first-order valence-corrected chi connectivity index (χ1v) is 23.3. The molecule has 58 heavy (non-hydrogen) atoms. The van der Waals surface area contributed by atoms with Crippen molar-refractivity contribution in [2.45, 2.75) is 139 Å². The molecule has 1 amide bonds. The minimum atomic E-state index is -1.24. The summed E-state index contributed by atoms with van der Waals surface area (Å²) in [6, 6.07) is 13.7. The second-order valence-corrected chi connectivity index (χ2v) is 17.2. The first kappa shape index (κ1) is 45.8. The zero-order valence-electron chi connectivity index (χ0n) is 35.7. The maximum atomic E-state index is 14.2. The number of carbonyl (C=O) groups excluding carboxylic acids is 1. The van der Waals surface area contributed by atoms with E-state index in [4.69, 9.17) is 19.0 Å². The quantitative estimate of drug-likeness (QED) is 0.0418. The van der Waals surface area contributed by atoms with Crippen LogP contribution in [0.1, 0.15) is 128 Å². The van der Waals surface area contributed by atoms with Gasteiger partial charge in [-0.3, -0.25) is 4.79 Å². The summed E-state index contributed by atoms with van der Waals surface area (Å²) in [6.45, 7) is 6.80. The van der Waals surface area contributed by atoms with Crippen molar-refractivity contribution in [3.05, 3.63) is 72.3 Å². The van der Waals surface area contributed by atoms with Crippen LogP contribution in [0.3, 0.4) is 0 Å². The second-order valence-electron chi connectivity index (χ2n) is 16.3. The number of fused-ring (bicyclic) bond motifs is 2. The molecule has 0 spiro atoms. The first-order valence-electron chi connectivity index (χ1n) is 22.0. The molecular formula is C48H70N2O7S. The number of likely N-dealkylation sites (N-methyl/N-ethyl adjacent to an activating group) is 1. The predicted molar refractivity (Wildman–Crippen MR) is 235 cm³/mol. The van der Waals surface area contributed by atoms with Crippen LogP contribution in [0.2, 0.25) is 0 Å². The van der Waals surface area contributed by atoms with Crippen molar-refractivity contribution >= 4 is 23.4 Å². The number of allylic oxidation sites excluding steroid dienone is 1. The highest BCUT2D eigenvalue weighted by Crippen LogP contribution is 2.62. The molecule has 5 rings (SSSR count). The summed E-state index contributed by atoms with van der Waals surface area (Å²) in [5.74, 6) is 0.893. The van der Waals surface area contributed by atoms with Crippen molar-refractivity contribution in [2.24, 2.45) is 22.9 Å². The van der Waals surface area contributed by atoms with E-state index in [9.17, 15) is 15.0 Å². The minimum absolute atomic E-state index is 0.0677. The minimum Gasteiger partial charge on any atom is -0.459 e. The number of nitrogens with zero attached hydrogens (tertiary/aromatic N) is 2. The zero-order chi connectivity index (χ0) is 41.3. The van der Waals surface area contributed by atoms with E-state index >= 15 is 0 Å². The third-order valence-electron chi connectivity index (χ3n) is 12.5. The van der Waals surface area contributed by atoms with Gasteiger partial charge in [-0.1, -0.05) is 88.4 Å². The van der Waals surface area contributed by atoms with Gasteiger partial charge in [0.2, 0.25) is 11.7 Å². The van der Waals surface area contributed by atoms with Crippen molar-refractivity contribution in [3.63, 3.8) is 0 Å². The molecule has 2 aliphatic carbocycles. The molecule has 1 heterocycles.